The number of methoxy groups -OCH3 is 1. The summed E-state index contributed by atoms with van der Waals surface area (Å²) < 4.78 is 4.94. The van der Waals surface area contributed by atoms with E-state index in [4.69, 9.17) is 11.2 Å². The Morgan fingerprint density at radius 3 is 2.94 bits per heavy atom. The average molecular weight is 234 g/mol. The van der Waals surface area contributed by atoms with E-state index in [0.717, 1.165) is 6.42 Å². The molecule has 0 radical (unpaired) electrons. The highest BCUT2D eigenvalue weighted by Crippen LogP contribution is 2.28. The van der Waals surface area contributed by atoms with Crippen LogP contribution in [-0.4, -0.2) is 18.6 Å². The van der Waals surface area contributed by atoms with E-state index >= 15 is 0 Å². The Hall–Kier alpha value is -2.22. The molecule has 0 fully saturated rings. The van der Waals surface area contributed by atoms with Gasteiger partial charge < -0.3 is 10.1 Å². The van der Waals surface area contributed by atoms with Crippen molar-refractivity contribution in [2.75, 3.05) is 19.0 Å². The molecule has 90 valence electrons. The van der Waals surface area contributed by atoms with Crippen molar-refractivity contribution >= 4 is 11.4 Å². The molecular weight excluding hydrogens is 220 g/mol. The molecule has 0 aliphatic rings. The predicted molar refractivity (Wildman–Crippen MR) is 66.2 cm³/mol. The molecule has 5 nitrogen and oxygen atoms in total. The van der Waals surface area contributed by atoms with Gasteiger partial charge in [0.1, 0.15) is 11.4 Å². The maximum atomic E-state index is 10.9. The van der Waals surface area contributed by atoms with Gasteiger partial charge in [-0.2, -0.15) is 0 Å². The molecule has 0 atom stereocenters. The van der Waals surface area contributed by atoms with E-state index in [0.29, 0.717) is 24.4 Å². The highest BCUT2D eigenvalue weighted by atomic mass is 16.6. The van der Waals surface area contributed by atoms with E-state index in [9.17, 15) is 10.1 Å². The monoisotopic (exact) mass is 234 g/mol. The molecule has 0 heterocycles. The number of nitro benzene ring substituents is 1. The highest BCUT2D eigenvalue weighted by molar-refractivity contribution is 5.63. The summed E-state index contributed by atoms with van der Waals surface area (Å²) in [5, 5.41) is 13.8. The molecule has 1 aromatic carbocycles. The normalized spacial score (nSPS) is 9.41. The quantitative estimate of drug-likeness (QED) is 0.355. The minimum absolute atomic E-state index is 0.00468. The zero-order valence-corrected chi connectivity index (χ0v) is 9.60. The van der Waals surface area contributed by atoms with Crippen LogP contribution in [0.5, 0.6) is 5.75 Å². The van der Waals surface area contributed by atoms with Crippen molar-refractivity contribution in [1.29, 1.82) is 0 Å². The summed E-state index contributed by atoms with van der Waals surface area (Å²) in [6.07, 6.45) is 6.55. The topological polar surface area (TPSA) is 64.4 Å². The molecule has 1 N–H and O–H groups in total. The van der Waals surface area contributed by atoms with Crippen LogP contribution in [0.3, 0.4) is 0 Å². The van der Waals surface area contributed by atoms with Crippen LogP contribution in [0.15, 0.2) is 18.2 Å². The fourth-order valence-electron chi connectivity index (χ4n) is 1.35. The number of terminal acetylenes is 1. The number of unbranched alkanes of at least 4 members (excludes halogenated alkanes) is 1. The Morgan fingerprint density at radius 1 is 1.59 bits per heavy atom. The number of ether oxygens (including phenoxy) is 1. The van der Waals surface area contributed by atoms with Gasteiger partial charge in [-0.05, 0) is 18.6 Å². The summed E-state index contributed by atoms with van der Waals surface area (Å²) in [6, 6.07) is 4.70. The van der Waals surface area contributed by atoms with Gasteiger partial charge in [-0.15, -0.1) is 12.3 Å². The number of rotatable bonds is 6. The highest BCUT2D eigenvalue weighted by Gasteiger charge is 2.14. The van der Waals surface area contributed by atoms with Crippen molar-refractivity contribution in [3.8, 4) is 18.1 Å². The molecule has 0 amide bonds. The van der Waals surface area contributed by atoms with E-state index in [2.05, 4.69) is 11.2 Å². The van der Waals surface area contributed by atoms with Gasteiger partial charge >= 0.3 is 0 Å². The standard InChI is InChI=1S/C12H14N2O3/c1-3-4-5-8-13-11-7-6-10(17-2)9-12(11)14(15)16/h1,6-7,9,13H,4-5,8H2,2H3. The second-order valence-corrected chi connectivity index (χ2v) is 3.37. The van der Waals surface area contributed by atoms with Crippen LogP contribution in [0.25, 0.3) is 0 Å². The van der Waals surface area contributed by atoms with Gasteiger partial charge in [0.05, 0.1) is 18.1 Å². The Bertz CT molecular complexity index is 438. The van der Waals surface area contributed by atoms with Crippen LogP contribution in [0.2, 0.25) is 0 Å². The zero-order valence-electron chi connectivity index (χ0n) is 9.60. The summed E-state index contributed by atoms with van der Waals surface area (Å²) in [4.78, 5) is 10.4. The third-order valence-corrected chi connectivity index (χ3v) is 2.21. The third-order valence-electron chi connectivity index (χ3n) is 2.21. The largest absolute Gasteiger partial charge is 0.496 e. The van der Waals surface area contributed by atoms with Gasteiger partial charge in [-0.3, -0.25) is 10.1 Å². The van der Waals surface area contributed by atoms with Crippen LogP contribution in [-0.2, 0) is 0 Å². The van der Waals surface area contributed by atoms with E-state index in [1.165, 1.54) is 13.2 Å². The van der Waals surface area contributed by atoms with Crippen molar-refractivity contribution in [1.82, 2.24) is 0 Å². The lowest BCUT2D eigenvalue weighted by atomic mass is 10.2. The van der Waals surface area contributed by atoms with Gasteiger partial charge in [-0.25, -0.2) is 0 Å². The summed E-state index contributed by atoms with van der Waals surface area (Å²) >= 11 is 0. The lowest BCUT2D eigenvalue weighted by molar-refractivity contribution is -0.384. The number of nitrogens with one attached hydrogen (secondary N) is 1. The molecule has 0 saturated carbocycles. The molecule has 17 heavy (non-hydrogen) atoms. The second kappa shape index (κ2) is 6.38. The van der Waals surface area contributed by atoms with E-state index < -0.39 is 4.92 Å². The lowest BCUT2D eigenvalue weighted by Gasteiger charge is -2.07. The summed E-state index contributed by atoms with van der Waals surface area (Å²) in [7, 11) is 1.47. The van der Waals surface area contributed by atoms with Crippen LogP contribution < -0.4 is 10.1 Å². The molecule has 0 aliphatic carbocycles. The third kappa shape index (κ3) is 3.68. The van der Waals surface area contributed by atoms with E-state index in [1.54, 1.807) is 12.1 Å². The molecule has 0 aromatic heterocycles. The fourth-order valence-corrected chi connectivity index (χ4v) is 1.35. The van der Waals surface area contributed by atoms with Gasteiger partial charge in [0, 0.05) is 13.0 Å². The van der Waals surface area contributed by atoms with E-state index in [1.807, 2.05) is 0 Å². The number of anilines is 1. The van der Waals surface area contributed by atoms with Crippen LogP contribution in [0.1, 0.15) is 12.8 Å². The first-order valence-electron chi connectivity index (χ1n) is 5.18. The molecule has 0 unspecified atom stereocenters. The van der Waals surface area contributed by atoms with Gasteiger partial charge in [0.15, 0.2) is 0 Å². The predicted octanol–water partition coefficient (Wildman–Crippen LogP) is 2.43. The minimum atomic E-state index is -0.438. The molecule has 0 aliphatic heterocycles. The smallest absolute Gasteiger partial charge is 0.296 e. The fraction of sp³-hybridized carbons (Fsp3) is 0.333. The maximum Gasteiger partial charge on any atom is 0.296 e. The second-order valence-electron chi connectivity index (χ2n) is 3.37. The average Bonchev–Trinajstić information content (AvgIpc) is 2.34. The molecule has 1 aromatic rings. The summed E-state index contributed by atoms with van der Waals surface area (Å²) in [5.41, 5.74) is 0.484. The van der Waals surface area contributed by atoms with Crippen LogP contribution in [0, 0.1) is 22.5 Å². The molecule has 0 saturated heterocycles. The number of nitrogens with zero attached hydrogens (tertiary/aromatic N) is 1. The molecule has 1 rings (SSSR count). The Kier molecular flexibility index (Phi) is 4.82. The molecular formula is C12H14N2O3. The summed E-state index contributed by atoms with van der Waals surface area (Å²) in [6.45, 7) is 0.609. The Balaban J connectivity index is 2.77. The number of nitro groups is 1. The maximum absolute atomic E-state index is 10.9. The van der Waals surface area contributed by atoms with Gasteiger partial charge in [0.25, 0.3) is 5.69 Å². The Morgan fingerprint density at radius 2 is 2.35 bits per heavy atom. The number of hydrogen-bond donors (Lipinski definition) is 1. The first-order chi connectivity index (χ1) is 8.19. The number of hydrogen-bond acceptors (Lipinski definition) is 4. The first-order valence-corrected chi connectivity index (χ1v) is 5.18. The van der Waals surface area contributed by atoms with Crippen LogP contribution in [0.4, 0.5) is 11.4 Å². The van der Waals surface area contributed by atoms with Crippen LogP contribution >= 0.6 is 0 Å². The van der Waals surface area contributed by atoms with Crippen molar-refractivity contribution in [2.45, 2.75) is 12.8 Å². The molecule has 5 heteroatoms. The SMILES string of the molecule is C#CCCCNc1ccc(OC)cc1[N+](=O)[O-]. The molecule has 0 bridgehead atoms. The van der Waals surface area contributed by atoms with Crippen molar-refractivity contribution in [2.24, 2.45) is 0 Å². The first kappa shape index (κ1) is 12.8. The Labute approximate surface area is 99.9 Å². The van der Waals surface area contributed by atoms with Crippen molar-refractivity contribution in [3.63, 3.8) is 0 Å². The number of benzene rings is 1. The van der Waals surface area contributed by atoms with Gasteiger partial charge in [0.2, 0.25) is 0 Å². The lowest BCUT2D eigenvalue weighted by Crippen LogP contribution is -2.04. The zero-order chi connectivity index (χ0) is 12.7. The van der Waals surface area contributed by atoms with Gasteiger partial charge in [-0.1, -0.05) is 0 Å². The minimum Gasteiger partial charge on any atom is -0.496 e. The van der Waals surface area contributed by atoms with Crippen molar-refractivity contribution in [3.05, 3.63) is 28.3 Å². The van der Waals surface area contributed by atoms with Crippen molar-refractivity contribution < 1.29 is 9.66 Å². The molecule has 0 spiro atoms. The van der Waals surface area contributed by atoms with E-state index in [-0.39, 0.29) is 5.69 Å². The summed E-state index contributed by atoms with van der Waals surface area (Å²) in [5.74, 6) is 2.98.